The second-order valence-corrected chi connectivity index (χ2v) is 7.76. The van der Waals surface area contributed by atoms with E-state index >= 15 is 0 Å². The first kappa shape index (κ1) is 17.4. The predicted octanol–water partition coefficient (Wildman–Crippen LogP) is 2.73. The quantitative estimate of drug-likeness (QED) is 0.735. The van der Waals surface area contributed by atoms with Crippen LogP contribution in [-0.2, 0) is 16.1 Å². The van der Waals surface area contributed by atoms with Crippen molar-refractivity contribution < 1.29 is 9.53 Å². The van der Waals surface area contributed by atoms with Crippen molar-refractivity contribution in [3.63, 3.8) is 0 Å². The summed E-state index contributed by atoms with van der Waals surface area (Å²) in [4.78, 5) is 12.4. The van der Waals surface area contributed by atoms with Gasteiger partial charge in [0.05, 0.1) is 17.9 Å². The molecule has 7 nitrogen and oxygen atoms in total. The van der Waals surface area contributed by atoms with E-state index in [1.165, 1.54) is 11.8 Å². The normalized spacial score (nSPS) is 18.5. The maximum Gasteiger partial charge on any atom is 0.237 e. The lowest BCUT2D eigenvalue weighted by atomic mass is 10.2. The number of nitrogens with one attached hydrogen (secondary N) is 1. The number of aromatic nitrogens is 4. The van der Waals surface area contributed by atoms with E-state index in [1.807, 2.05) is 31.2 Å². The Labute approximate surface area is 152 Å². The number of halogens is 1. The molecule has 2 aromatic rings. The molecule has 2 atom stereocenters. The van der Waals surface area contributed by atoms with Gasteiger partial charge in [-0.2, -0.15) is 0 Å². The summed E-state index contributed by atoms with van der Waals surface area (Å²) < 4.78 is 8.24. The van der Waals surface area contributed by atoms with Crippen molar-refractivity contribution >= 4 is 39.3 Å². The second-order valence-electron chi connectivity index (χ2n) is 5.54. The SMILES string of the molecule is CC(Sc1nnnn1CC1CCCO1)C(=O)Nc1cccc(Br)c1. The van der Waals surface area contributed by atoms with Gasteiger partial charge in [-0.3, -0.25) is 4.79 Å². The molecule has 1 aromatic heterocycles. The number of hydrogen-bond donors (Lipinski definition) is 1. The fraction of sp³-hybridized carbons (Fsp3) is 0.467. The third kappa shape index (κ3) is 4.55. The second kappa shape index (κ2) is 8.09. The Morgan fingerprint density at radius 3 is 3.21 bits per heavy atom. The van der Waals surface area contributed by atoms with Crippen molar-refractivity contribution in [1.29, 1.82) is 0 Å². The van der Waals surface area contributed by atoms with Gasteiger partial charge in [-0.25, -0.2) is 4.68 Å². The highest BCUT2D eigenvalue weighted by molar-refractivity contribution is 9.10. The summed E-state index contributed by atoms with van der Waals surface area (Å²) in [7, 11) is 0. The van der Waals surface area contributed by atoms with Crippen LogP contribution in [0, 0.1) is 0 Å². The van der Waals surface area contributed by atoms with Crippen LogP contribution in [0.2, 0.25) is 0 Å². The third-order valence-electron chi connectivity index (χ3n) is 3.64. The molecule has 3 rings (SSSR count). The molecule has 1 amide bonds. The lowest BCUT2D eigenvalue weighted by Gasteiger charge is -2.13. The number of carbonyl (C=O) groups excluding carboxylic acids is 1. The van der Waals surface area contributed by atoms with Crippen LogP contribution in [0.4, 0.5) is 5.69 Å². The van der Waals surface area contributed by atoms with Crippen LogP contribution in [0.25, 0.3) is 0 Å². The Hall–Kier alpha value is -1.45. The van der Waals surface area contributed by atoms with Crippen molar-refractivity contribution in [3.05, 3.63) is 28.7 Å². The van der Waals surface area contributed by atoms with Gasteiger partial charge >= 0.3 is 0 Å². The average molecular weight is 412 g/mol. The topological polar surface area (TPSA) is 81.9 Å². The lowest BCUT2D eigenvalue weighted by Crippen LogP contribution is -2.23. The van der Waals surface area contributed by atoms with E-state index in [-0.39, 0.29) is 17.3 Å². The Morgan fingerprint density at radius 2 is 2.46 bits per heavy atom. The van der Waals surface area contributed by atoms with Gasteiger partial charge in [0.25, 0.3) is 0 Å². The van der Waals surface area contributed by atoms with Gasteiger partial charge in [0.1, 0.15) is 0 Å². The molecule has 0 bridgehead atoms. The molecule has 0 spiro atoms. The number of carbonyl (C=O) groups is 1. The van der Waals surface area contributed by atoms with Gasteiger partial charge in [0, 0.05) is 16.8 Å². The number of amides is 1. The van der Waals surface area contributed by atoms with Crippen molar-refractivity contribution in [2.75, 3.05) is 11.9 Å². The monoisotopic (exact) mass is 411 g/mol. The number of anilines is 1. The first-order valence-corrected chi connectivity index (χ1v) is 9.40. The summed E-state index contributed by atoms with van der Waals surface area (Å²) >= 11 is 4.73. The molecule has 128 valence electrons. The predicted molar refractivity (Wildman–Crippen MR) is 94.9 cm³/mol. The van der Waals surface area contributed by atoms with Crippen LogP contribution in [0.1, 0.15) is 19.8 Å². The number of tetrazole rings is 1. The average Bonchev–Trinajstić information content (AvgIpc) is 3.20. The molecule has 0 aliphatic carbocycles. The zero-order valence-electron chi connectivity index (χ0n) is 13.2. The molecule has 24 heavy (non-hydrogen) atoms. The highest BCUT2D eigenvalue weighted by Gasteiger charge is 2.22. The largest absolute Gasteiger partial charge is 0.376 e. The molecule has 1 N–H and O–H groups in total. The Kier molecular flexibility index (Phi) is 5.85. The Morgan fingerprint density at radius 1 is 1.58 bits per heavy atom. The molecule has 9 heteroatoms. The molecule has 1 fully saturated rings. The minimum Gasteiger partial charge on any atom is -0.376 e. The summed E-state index contributed by atoms with van der Waals surface area (Å²) in [5.41, 5.74) is 0.751. The fourth-order valence-corrected chi connectivity index (χ4v) is 3.60. The summed E-state index contributed by atoms with van der Waals surface area (Å²) in [6, 6.07) is 7.49. The molecule has 0 radical (unpaired) electrons. The van der Waals surface area contributed by atoms with E-state index in [9.17, 15) is 4.79 Å². The molecule has 1 aromatic carbocycles. The molecule has 1 saturated heterocycles. The molecule has 0 saturated carbocycles. The van der Waals surface area contributed by atoms with Crippen molar-refractivity contribution in [2.24, 2.45) is 0 Å². The Bertz CT molecular complexity index is 705. The van der Waals surface area contributed by atoms with Gasteiger partial charge in [0.15, 0.2) is 0 Å². The minimum atomic E-state index is -0.321. The van der Waals surface area contributed by atoms with Crippen LogP contribution in [-0.4, -0.2) is 44.1 Å². The number of hydrogen-bond acceptors (Lipinski definition) is 6. The summed E-state index contributed by atoms with van der Waals surface area (Å²) in [6.45, 7) is 3.25. The van der Waals surface area contributed by atoms with Gasteiger partial charge in [-0.1, -0.05) is 33.8 Å². The van der Waals surface area contributed by atoms with Crippen LogP contribution in [0.3, 0.4) is 0 Å². The fourth-order valence-electron chi connectivity index (χ4n) is 2.40. The van der Waals surface area contributed by atoms with E-state index in [0.717, 1.165) is 29.6 Å². The van der Waals surface area contributed by atoms with Crippen LogP contribution < -0.4 is 5.32 Å². The first-order valence-electron chi connectivity index (χ1n) is 7.72. The number of nitrogens with zero attached hydrogens (tertiary/aromatic N) is 4. The summed E-state index contributed by atoms with van der Waals surface area (Å²) in [5.74, 6) is -0.0928. The van der Waals surface area contributed by atoms with Gasteiger partial charge < -0.3 is 10.1 Å². The number of rotatable bonds is 6. The first-order chi connectivity index (χ1) is 11.6. The zero-order valence-corrected chi connectivity index (χ0v) is 15.6. The Balaban J connectivity index is 1.59. The standard InChI is InChI=1S/C15H18BrN5O2S/c1-10(14(22)17-12-5-2-4-11(16)8-12)24-15-18-19-20-21(15)9-13-6-3-7-23-13/h2,4-5,8,10,13H,3,6-7,9H2,1H3,(H,17,22). The van der Waals surface area contributed by atoms with Crippen LogP contribution in [0.5, 0.6) is 0 Å². The van der Waals surface area contributed by atoms with E-state index < -0.39 is 0 Å². The number of thioether (sulfide) groups is 1. The van der Waals surface area contributed by atoms with Gasteiger partial charge in [-0.15, -0.1) is 5.10 Å². The molecular weight excluding hydrogens is 394 g/mol. The lowest BCUT2D eigenvalue weighted by molar-refractivity contribution is -0.115. The number of benzene rings is 1. The van der Waals surface area contributed by atoms with Gasteiger partial charge in [-0.05, 0) is 48.4 Å². The smallest absolute Gasteiger partial charge is 0.237 e. The summed E-state index contributed by atoms with van der Waals surface area (Å²) in [6.07, 6.45) is 2.24. The maximum absolute atomic E-state index is 12.4. The highest BCUT2D eigenvalue weighted by atomic mass is 79.9. The van der Waals surface area contributed by atoms with E-state index in [0.29, 0.717) is 11.7 Å². The minimum absolute atomic E-state index is 0.0928. The summed E-state index contributed by atoms with van der Waals surface area (Å²) in [5, 5.41) is 15.0. The third-order valence-corrected chi connectivity index (χ3v) is 5.21. The molecule has 1 aliphatic rings. The van der Waals surface area contributed by atoms with E-state index in [4.69, 9.17) is 4.74 Å². The van der Waals surface area contributed by atoms with Crippen molar-refractivity contribution in [1.82, 2.24) is 20.2 Å². The molecular formula is C15H18BrN5O2S. The van der Waals surface area contributed by atoms with Crippen molar-refractivity contribution in [2.45, 2.75) is 42.8 Å². The van der Waals surface area contributed by atoms with Crippen molar-refractivity contribution in [3.8, 4) is 0 Å². The molecule has 2 heterocycles. The van der Waals surface area contributed by atoms with Crippen LogP contribution >= 0.6 is 27.7 Å². The molecule has 1 aliphatic heterocycles. The molecule has 2 unspecified atom stereocenters. The zero-order chi connectivity index (χ0) is 16.9. The maximum atomic E-state index is 12.4. The van der Waals surface area contributed by atoms with E-state index in [1.54, 1.807) is 4.68 Å². The van der Waals surface area contributed by atoms with E-state index in [2.05, 4.69) is 36.8 Å². The highest BCUT2D eigenvalue weighted by Crippen LogP contribution is 2.24. The van der Waals surface area contributed by atoms with Gasteiger partial charge in [0.2, 0.25) is 11.1 Å². The number of ether oxygens (including phenoxy) is 1. The van der Waals surface area contributed by atoms with Crippen LogP contribution in [0.15, 0.2) is 33.9 Å².